The molecule has 1 aromatic heterocycles. The zero-order valence-corrected chi connectivity index (χ0v) is 22.3. The molecule has 0 aromatic carbocycles. The first-order valence-electron chi connectivity index (χ1n) is 12.0. The Balaban J connectivity index is 2.36. The van der Waals surface area contributed by atoms with Gasteiger partial charge >= 0.3 is 0 Å². The van der Waals surface area contributed by atoms with Crippen LogP contribution in [0.3, 0.4) is 0 Å². The van der Waals surface area contributed by atoms with Crippen molar-refractivity contribution in [2.45, 2.75) is 92.3 Å². The van der Waals surface area contributed by atoms with Crippen molar-refractivity contribution in [3.8, 4) is 0 Å². The molecule has 0 bridgehead atoms. The van der Waals surface area contributed by atoms with Gasteiger partial charge in [0.25, 0.3) is 0 Å². The summed E-state index contributed by atoms with van der Waals surface area (Å²) in [6.07, 6.45) is 5.49. The van der Waals surface area contributed by atoms with Crippen LogP contribution in [0, 0.1) is 24.2 Å². The highest BCUT2D eigenvalue weighted by atomic mass is 32.1. The van der Waals surface area contributed by atoms with E-state index in [1.165, 1.54) is 0 Å². The van der Waals surface area contributed by atoms with Gasteiger partial charge in [0.15, 0.2) is 6.29 Å². The average molecular weight is 492 g/mol. The molecule has 0 saturated heterocycles. The SMILES string of the molecule is C/C1=C/C[C@@H](/C(C)=C/c2csc(C)n2)OC(O)C[C@H](O)C(C)(C)C(=O)[C@H](C)[C@@H](O)[C@@H](C)/C=C/C1. The molecule has 2 heterocycles. The first kappa shape index (κ1) is 28.6. The van der Waals surface area contributed by atoms with Crippen molar-refractivity contribution in [3.05, 3.63) is 45.5 Å². The fourth-order valence-corrected chi connectivity index (χ4v) is 4.76. The van der Waals surface area contributed by atoms with Crippen LogP contribution in [0.4, 0.5) is 0 Å². The number of ketones is 1. The summed E-state index contributed by atoms with van der Waals surface area (Å²) in [5, 5.41) is 35.3. The summed E-state index contributed by atoms with van der Waals surface area (Å²) in [5.74, 6) is -1.11. The van der Waals surface area contributed by atoms with Crippen molar-refractivity contribution in [2.75, 3.05) is 0 Å². The van der Waals surface area contributed by atoms with Crippen LogP contribution in [0.15, 0.2) is 34.8 Å². The second kappa shape index (κ2) is 12.4. The van der Waals surface area contributed by atoms with Crippen LogP contribution in [-0.2, 0) is 9.53 Å². The molecule has 190 valence electrons. The third-order valence-electron chi connectivity index (χ3n) is 6.76. The molecule has 0 radical (unpaired) electrons. The maximum Gasteiger partial charge on any atom is 0.157 e. The highest BCUT2D eigenvalue weighted by Crippen LogP contribution is 2.32. The molecule has 7 heteroatoms. The Morgan fingerprint density at radius 3 is 2.53 bits per heavy atom. The van der Waals surface area contributed by atoms with E-state index in [1.807, 2.05) is 51.3 Å². The van der Waals surface area contributed by atoms with E-state index in [9.17, 15) is 20.1 Å². The second-order valence-electron chi connectivity index (χ2n) is 10.2. The third-order valence-corrected chi connectivity index (χ3v) is 7.55. The number of allylic oxidation sites excluding steroid dienone is 2. The first-order chi connectivity index (χ1) is 15.8. The minimum Gasteiger partial charge on any atom is -0.392 e. The van der Waals surface area contributed by atoms with E-state index in [4.69, 9.17) is 4.74 Å². The summed E-state index contributed by atoms with van der Waals surface area (Å²) in [6, 6.07) is 0. The van der Waals surface area contributed by atoms with E-state index < -0.39 is 35.9 Å². The molecule has 1 unspecified atom stereocenters. The maximum atomic E-state index is 13.2. The molecule has 0 aliphatic carbocycles. The molecule has 0 fully saturated rings. The van der Waals surface area contributed by atoms with Gasteiger partial charge in [0.05, 0.1) is 29.0 Å². The zero-order valence-electron chi connectivity index (χ0n) is 21.5. The molecule has 1 aliphatic heterocycles. The second-order valence-corrected chi connectivity index (χ2v) is 11.2. The van der Waals surface area contributed by atoms with Gasteiger partial charge in [0.2, 0.25) is 0 Å². The Labute approximate surface area is 208 Å². The Morgan fingerprint density at radius 2 is 1.91 bits per heavy atom. The number of aliphatic hydroxyl groups is 3. The molecule has 2 rings (SSSR count). The van der Waals surface area contributed by atoms with Crippen molar-refractivity contribution < 1.29 is 24.9 Å². The number of aliphatic hydroxyl groups excluding tert-OH is 3. The Hall–Kier alpha value is -1.64. The lowest BCUT2D eigenvalue weighted by molar-refractivity contribution is -0.160. The van der Waals surface area contributed by atoms with Gasteiger partial charge < -0.3 is 20.1 Å². The smallest absolute Gasteiger partial charge is 0.157 e. The van der Waals surface area contributed by atoms with Crippen molar-refractivity contribution in [1.29, 1.82) is 0 Å². The number of hydrogen-bond acceptors (Lipinski definition) is 7. The molecule has 0 amide bonds. The molecule has 34 heavy (non-hydrogen) atoms. The quantitative estimate of drug-likeness (QED) is 0.512. The summed E-state index contributed by atoms with van der Waals surface area (Å²) >= 11 is 1.57. The van der Waals surface area contributed by atoms with Gasteiger partial charge in [-0.25, -0.2) is 4.98 Å². The highest BCUT2D eigenvalue weighted by Gasteiger charge is 2.42. The van der Waals surface area contributed by atoms with Crippen LogP contribution in [0.2, 0.25) is 0 Å². The van der Waals surface area contributed by atoms with E-state index in [0.29, 0.717) is 12.8 Å². The number of thiazole rings is 1. The predicted molar refractivity (Wildman–Crippen MR) is 137 cm³/mol. The van der Waals surface area contributed by atoms with Gasteiger partial charge in [-0.15, -0.1) is 11.3 Å². The van der Waals surface area contributed by atoms with Gasteiger partial charge in [-0.1, -0.05) is 51.5 Å². The lowest BCUT2D eigenvalue weighted by atomic mass is 9.73. The van der Waals surface area contributed by atoms with Crippen LogP contribution in [0.1, 0.15) is 71.5 Å². The monoisotopic (exact) mass is 491 g/mol. The lowest BCUT2D eigenvalue weighted by Gasteiger charge is -2.35. The molecule has 6 atom stereocenters. The molecule has 1 aliphatic rings. The van der Waals surface area contributed by atoms with Crippen molar-refractivity contribution >= 4 is 23.2 Å². The number of ether oxygens (including phenoxy) is 1. The fraction of sp³-hybridized carbons (Fsp3) is 0.630. The predicted octanol–water partition coefficient (Wildman–Crippen LogP) is 4.83. The largest absolute Gasteiger partial charge is 0.392 e. The first-order valence-corrected chi connectivity index (χ1v) is 12.9. The molecular formula is C27H41NO5S. The molecule has 1 aromatic rings. The van der Waals surface area contributed by atoms with E-state index in [2.05, 4.69) is 11.1 Å². The number of aromatic nitrogens is 1. The zero-order chi connectivity index (χ0) is 25.6. The van der Waals surface area contributed by atoms with Gasteiger partial charge in [0, 0.05) is 29.1 Å². The van der Waals surface area contributed by atoms with Crippen LogP contribution in [0.5, 0.6) is 0 Å². The number of aryl methyl sites for hydroxylation is 1. The van der Waals surface area contributed by atoms with Crippen LogP contribution >= 0.6 is 11.3 Å². The Kier molecular flexibility index (Phi) is 10.4. The number of nitrogens with zero attached hydrogens (tertiary/aromatic N) is 1. The number of hydrogen-bond donors (Lipinski definition) is 3. The number of carbonyl (C=O) groups is 1. The topological polar surface area (TPSA) is 99.9 Å². The Bertz CT molecular complexity index is 916. The number of rotatable bonds is 2. The van der Waals surface area contributed by atoms with E-state index in [-0.39, 0.29) is 18.1 Å². The van der Waals surface area contributed by atoms with E-state index in [0.717, 1.165) is 21.8 Å². The lowest BCUT2D eigenvalue weighted by Crippen LogP contribution is -2.46. The van der Waals surface area contributed by atoms with E-state index in [1.54, 1.807) is 32.1 Å². The van der Waals surface area contributed by atoms with Crippen LogP contribution in [0.25, 0.3) is 6.08 Å². The standard InChI is InChI=1S/C27H41NO5S/c1-16-9-8-10-17(2)25(31)19(4)26(32)27(6,7)23(29)14-24(30)33-22(12-11-16)18(3)13-21-15-34-20(5)28-21/h8,10-11,13,15,17,19,22-25,29-31H,9,12,14H2,1-7H3/b10-8+,16-11-,18-13+/t17-,19+,22-,23-,24?,25-/m0/s1. The minimum atomic E-state index is -1.26. The normalized spacial score (nSPS) is 34.9. The number of carbonyl (C=O) groups excluding carboxylic acids is 1. The summed E-state index contributed by atoms with van der Waals surface area (Å²) in [7, 11) is 0. The van der Waals surface area contributed by atoms with Gasteiger partial charge in [0.1, 0.15) is 5.78 Å². The van der Waals surface area contributed by atoms with E-state index >= 15 is 0 Å². The molecule has 0 saturated carbocycles. The number of Topliss-reactive ketones (excluding diaryl/α,β-unsaturated/α-hetero) is 1. The molecule has 0 spiro atoms. The molecular weight excluding hydrogens is 450 g/mol. The van der Waals surface area contributed by atoms with Crippen molar-refractivity contribution in [1.82, 2.24) is 4.98 Å². The van der Waals surface area contributed by atoms with Gasteiger partial charge in [-0.05, 0) is 45.3 Å². The minimum absolute atomic E-state index is 0.112. The summed E-state index contributed by atoms with van der Waals surface area (Å²) in [6.45, 7) is 12.8. The summed E-state index contributed by atoms with van der Waals surface area (Å²) in [5.41, 5.74) is 1.75. The van der Waals surface area contributed by atoms with Gasteiger partial charge in [-0.3, -0.25) is 4.79 Å². The highest BCUT2D eigenvalue weighted by molar-refractivity contribution is 7.09. The van der Waals surface area contributed by atoms with Crippen LogP contribution < -0.4 is 0 Å². The van der Waals surface area contributed by atoms with Gasteiger partial charge in [-0.2, -0.15) is 0 Å². The summed E-state index contributed by atoms with van der Waals surface area (Å²) < 4.78 is 5.98. The molecule has 3 N–H and O–H groups in total. The average Bonchev–Trinajstić information content (AvgIpc) is 3.18. The van der Waals surface area contributed by atoms with Crippen molar-refractivity contribution in [2.24, 2.45) is 17.3 Å². The fourth-order valence-electron chi connectivity index (χ4n) is 4.19. The maximum absolute atomic E-state index is 13.2. The molecule has 6 nitrogen and oxygen atoms in total. The van der Waals surface area contributed by atoms with Crippen LogP contribution in [-0.4, -0.2) is 50.7 Å². The summed E-state index contributed by atoms with van der Waals surface area (Å²) in [4.78, 5) is 17.7. The Morgan fingerprint density at radius 1 is 1.24 bits per heavy atom. The van der Waals surface area contributed by atoms with Crippen molar-refractivity contribution in [3.63, 3.8) is 0 Å². The third kappa shape index (κ3) is 7.68.